The van der Waals surface area contributed by atoms with Crippen molar-refractivity contribution in [1.29, 1.82) is 0 Å². The van der Waals surface area contributed by atoms with Gasteiger partial charge in [0, 0.05) is 19.6 Å². The van der Waals surface area contributed by atoms with Gasteiger partial charge in [-0.1, -0.05) is 5.21 Å². The van der Waals surface area contributed by atoms with E-state index >= 15 is 0 Å². The van der Waals surface area contributed by atoms with Gasteiger partial charge < -0.3 is 9.53 Å². The average Bonchev–Trinajstić information content (AvgIpc) is 2.79. The summed E-state index contributed by atoms with van der Waals surface area (Å²) in [6.07, 6.45) is 7.40. The summed E-state index contributed by atoms with van der Waals surface area (Å²) in [7, 11) is 0. The van der Waals surface area contributed by atoms with Crippen LogP contribution in [0.3, 0.4) is 0 Å². The maximum atomic E-state index is 10.3. The van der Waals surface area contributed by atoms with E-state index in [1.807, 2.05) is 4.68 Å². The van der Waals surface area contributed by atoms with Crippen LogP contribution in [0.1, 0.15) is 44.7 Å². The number of aromatic nitrogens is 3. The molecular formula is C12H19N3O2. The Hall–Kier alpha value is -1.23. The molecule has 0 amide bonds. The number of hydrogen-bond acceptors (Lipinski definition) is 4. The van der Waals surface area contributed by atoms with Crippen molar-refractivity contribution in [3.8, 4) is 0 Å². The zero-order chi connectivity index (χ0) is 12.1. The zero-order valence-corrected chi connectivity index (χ0v) is 10.3. The fraction of sp³-hybridized carbons (Fsp3) is 0.750. The minimum Gasteiger partial charge on any atom is -0.369 e. The molecule has 5 nitrogen and oxygen atoms in total. The van der Waals surface area contributed by atoms with Gasteiger partial charge >= 0.3 is 0 Å². The van der Waals surface area contributed by atoms with Gasteiger partial charge in [0.05, 0.1) is 11.9 Å². The minimum atomic E-state index is -0.261. The summed E-state index contributed by atoms with van der Waals surface area (Å²) in [6, 6.07) is 0. The molecule has 0 radical (unpaired) electrons. The second-order valence-electron chi connectivity index (χ2n) is 4.69. The van der Waals surface area contributed by atoms with Gasteiger partial charge in [-0.05, 0) is 32.6 Å². The molecule has 0 saturated carbocycles. The van der Waals surface area contributed by atoms with Gasteiger partial charge in [-0.25, -0.2) is 4.68 Å². The number of nitrogens with zero attached hydrogens (tertiary/aromatic N) is 3. The summed E-state index contributed by atoms with van der Waals surface area (Å²) in [6.45, 7) is 3.63. The molecule has 0 bridgehead atoms. The number of aryl methyl sites for hydroxylation is 1. The molecule has 17 heavy (non-hydrogen) atoms. The molecule has 1 aromatic heterocycles. The van der Waals surface area contributed by atoms with E-state index in [0.717, 1.165) is 44.4 Å². The Labute approximate surface area is 101 Å². The van der Waals surface area contributed by atoms with Crippen molar-refractivity contribution in [2.45, 2.75) is 51.2 Å². The molecule has 1 fully saturated rings. The number of rotatable bonds is 5. The number of carbonyl (C=O) groups excluding carboxylic acids is 1. The van der Waals surface area contributed by atoms with Crippen LogP contribution < -0.4 is 0 Å². The summed E-state index contributed by atoms with van der Waals surface area (Å²) in [5.74, 6) is 0. The highest BCUT2D eigenvalue weighted by Gasteiger charge is 2.33. The summed E-state index contributed by atoms with van der Waals surface area (Å²) < 4.78 is 7.76. The number of unbranched alkanes of at least 4 members (excludes halogenated alkanes) is 1. The van der Waals surface area contributed by atoms with E-state index in [4.69, 9.17) is 4.74 Å². The Balaban J connectivity index is 2.08. The van der Waals surface area contributed by atoms with Crippen LogP contribution in [0, 0.1) is 0 Å². The molecular weight excluding hydrogens is 218 g/mol. The molecule has 1 aliphatic rings. The second kappa shape index (κ2) is 5.40. The van der Waals surface area contributed by atoms with Crippen molar-refractivity contribution in [2.75, 3.05) is 6.61 Å². The van der Waals surface area contributed by atoms with Crippen molar-refractivity contribution in [3.63, 3.8) is 0 Å². The highest BCUT2D eigenvalue weighted by atomic mass is 16.5. The van der Waals surface area contributed by atoms with E-state index in [1.54, 1.807) is 6.20 Å². The fourth-order valence-corrected chi connectivity index (χ4v) is 2.29. The SMILES string of the molecule is CC1(c2cnnn2CCCC=O)CCCCO1. The molecule has 1 unspecified atom stereocenters. The third kappa shape index (κ3) is 2.72. The lowest BCUT2D eigenvalue weighted by atomic mass is 9.93. The third-order valence-corrected chi connectivity index (χ3v) is 3.32. The number of ether oxygens (including phenoxy) is 1. The monoisotopic (exact) mass is 237 g/mol. The minimum absolute atomic E-state index is 0.261. The summed E-state index contributed by atoms with van der Waals surface area (Å²) in [4.78, 5) is 10.3. The molecule has 1 aromatic rings. The molecule has 2 heterocycles. The Bertz CT molecular complexity index is 370. The van der Waals surface area contributed by atoms with Crippen LogP contribution in [0.4, 0.5) is 0 Å². The molecule has 5 heteroatoms. The quantitative estimate of drug-likeness (QED) is 0.577. The molecule has 1 atom stereocenters. The van der Waals surface area contributed by atoms with Crippen molar-refractivity contribution < 1.29 is 9.53 Å². The van der Waals surface area contributed by atoms with E-state index in [2.05, 4.69) is 17.2 Å². The number of hydrogen-bond donors (Lipinski definition) is 0. The lowest BCUT2D eigenvalue weighted by molar-refractivity contribution is -0.108. The molecule has 94 valence electrons. The highest BCUT2D eigenvalue weighted by Crippen LogP contribution is 2.33. The van der Waals surface area contributed by atoms with Crippen LogP contribution in [0.2, 0.25) is 0 Å². The van der Waals surface area contributed by atoms with Crippen LogP contribution in [0.25, 0.3) is 0 Å². The van der Waals surface area contributed by atoms with E-state index in [9.17, 15) is 4.79 Å². The first-order chi connectivity index (χ1) is 8.26. The highest BCUT2D eigenvalue weighted by molar-refractivity contribution is 5.48. The van der Waals surface area contributed by atoms with Crippen LogP contribution in [0.15, 0.2) is 6.20 Å². The molecule has 0 aliphatic carbocycles. The molecule has 0 N–H and O–H groups in total. The van der Waals surface area contributed by atoms with E-state index < -0.39 is 0 Å². The van der Waals surface area contributed by atoms with Gasteiger partial charge in [0.1, 0.15) is 11.9 Å². The summed E-state index contributed by atoms with van der Waals surface area (Å²) in [5.41, 5.74) is 0.770. The fourth-order valence-electron chi connectivity index (χ4n) is 2.29. The van der Waals surface area contributed by atoms with Crippen LogP contribution in [-0.4, -0.2) is 27.9 Å². The Morgan fingerprint density at radius 2 is 2.47 bits per heavy atom. The van der Waals surface area contributed by atoms with Gasteiger partial charge in [-0.3, -0.25) is 0 Å². The van der Waals surface area contributed by atoms with E-state index in [1.165, 1.54) is 6.42 Å². The molecule has 1 aliphatic heterocycles. The van der Waals surface area contributed by atoms with Crippen molar-refractivity contribution >= 4 is 6.29 Å². The van der Waals surface area contributed by atoms with Crippen molar-refractivity contribution in [3.05, 3.63) is 11.9 Å². The maximum Gasteiger partial charge on any atom is 0.120 e. The lowest BCUT2D eigenvalue weighted by Gasteiger charge is -2.33. The van der Waals surface area contributed by atoms with Gasteiger partial charge in [0.15, 0.2) is 0 Å². The maximum absolute atomic E-state index is 10.3. The first kappa shape index (κ1) is 12.2. The predicted octanol–water partition coefficient (Wildman–Crippen LogP) is 1.67. The lowest BCUT2D eigenvalue weighted by Crippen LogP contribution is -2.32. The standard InChI is InChI=1S/C12H19N3O2/c1-12(6-2-5-9-17-12)11-10-13-14-15(11)7-3-4-8-16/h8,10H,2-7,9H2,1H3. The van der Waals surface area contributed by atoms with Crippen molar-refractivity contribution in [1.82, 2.24) is 15.0 Å². The average molecular weight is 237 g/mol. The smallest absolute Gasteiger partial charge is 0.120 e. The first-order valence-corrected chi connectivity index (χ1v) is 6.23. The zero-order valence-electron chi connectivity index (χ0n) is 10.3. The molecule has 2 rings (SSSR count). The number of carbonyl (C=O) groups is 1. The van der Waals surface area contributed by atoms with Crippen molar-refractivity contribution in [2.24, 2.45) is 0 Å². The Morgan fingerprint density at radius 1 is 1.59 bits per heavy atom. The van der Waals surface area contributed by atoms with Gasteiger partial charge in [0.25, 0.3) is 0 Å². The van der Waals surface area contributed by atoms with Gasteiger partial charge in [-0.15, -0.1) is 5.10 Å². The topological polar surface area (TPSA) is 57.0 Å². The van der Waals surface area contributed by atoms with E-state index in [-0.39, 0.29) is 5.60 Å². The summed E-state index contributed by atoms with van der Waals surface area (Å²) in [5, 5.41) is 8.05. The van der Waals surface area contributed by atoms with Crippen LogP contribution >= 0.6 is 0 Å². The number of aldehydes is 1. The van der Waals surface area contributed by atoms with Gasteiger partial charge in [0.2, 0.25) is 0 Å². The molecule has 0 spiro atoms. The van der Waals surface area contributed by atoms with E-state index in [0.29, 0.717) is 6.42 Å². The van der Waals surface area contributed by atoms with Crippen LogP contribution in [0.5, 0.6) is 0 Å². The largest absolute Gasteiger partial charge is 0.369 e. The first-order valence-electron chi connectivity index (χ1n) is 6.23. The Morgan fingerprint density at radius 3 is 3.18 bits per heavy atom. The molecule has 1 saturated heterocycles. The normalized spacial score (nSPS) is 24.8. The second-order valence-corrected chi connectivity index (χ2v) is 4.69. The third-order valence-electron chi connectivity index (χ3n) is 3.32. The Kier molecular flexibility index (Phi) is 3.89. The summed E-state index contributed by atoms with van der Waals surface area (Å²) >= 11 is 0. The predicted molar refractivity (Wildman–Crippen MR) is 62.5 cm³/mol. The van der Waals surface area contributed by atoms with Crippen LogP contribution in [-0.2, 0) is 21.7 Å². The van der Waals surface area contributed by atoms with Gasteiger partial charge in [-0.2, -0.15) is 0 Å². The molecule has 0 aromatic carbocycles.